The van der Waals surface area contributed by atoms with E-state index in [1.807, 2.05) is 0 Å². The average Bonchev–Trinajstić information content (AvgIpc) is 2.45. The van der Waals surface area contributed by atoms with E-state index >= 15 is 0 Å². The van der Waals surface area contributed by atoms with Crippen LogP contribution in [0.15, 0.2) is 11.4 Å². The van der Waals surface area contributed by atoms with Crippen LogP contribution < -0.4 is 4.72 Å². The van der Waals surface area contributed by atoms with Gasteiger partial charge in [0.2, 0.25) is 5.03 Å². The maximum Gasteiger partial charge on any atom is 0.261 e. The molecule has 0 unspecified atom stereocenters. The fourth-order valence-electron chi connectivity index (χ4n) is 1.85. The second-order valence-corrected chi connectivity index (χ2v) is 6.33. The molecule has 0 saturated heterocycles. The van der Waals surface area contributed by atoms with Gasteiger partial charge in [-0.05, 0) is 18.8 Å². The van der Waals surface area contributed by atoms with Crippen LogP contribution in [0.25, 0.3) is 0 Å². The minimum Gasteiger partial charge on any atom is -0.324 e. The first-order chi connectivity index (χ1) is 7.40. The quantitative estimate of drug-likeness (QED) is 0.890. The molecule has 0 atom stereocenters. The van der Waals surface area contributed by atoms with Crippen LogP contribution in [0, 0.1) is 5.92 Å². The molecule has 1 aromatic rings. The van der Waals surface area contributed by atoms with Gasteiger partial charge in [-0.25, -0.2) is 18.1 Å². The Hall–Kier alpha value is -0.590. The molecule has 16 heavy (non-hydrogen) atoms. The second-order valence-electron chi connectivity index (χ2n) is 4.35. The molecule has 1 aromatic heterocycles. The van der Waals surface area contributed by atoms with Crippen molar-refractivity contribution in [2.24, 2.45) is 13.0 Å². The van der Waals surface area contributed by atoms with Crippen molar-refractivity contribution in [2.75, 3.05) is 0 Å². The summed E-state index contributed by atoms with van der Waals surface area (Å²) >= 11 is 5.85. The zero-order valence-corrected chi connectivity index (χ0v) is 10.7. The van der Waals surface area contributed by atoms with Gasteiger partial charge in [-0.3, -0.25) is 0 Å². The van der Waals surface area contributed by atoms with E-state index < -0.39 is 10.0 Å². The van der Waals surface area contributed by atoms with Crippen molar-refractivity contribution in [2.45, 2.75) is 30.8 Å². The van der Waals surface area contributed by atoms with Gasteiger partial charge in [0.05, 0.1) is 6.33 Å². The molecule has 2 rings (SSSR count). The van der Waals surface area contributed by atoms with Gasteiger partial charge in [0.15, 0.2) is 0 Å². The summed E-state index contributed by atoms with van der Waals surface area (Å²) in [6, 6.07) is 0.0260. The van der Waals surface area contributed by atoms with Crippen molar-refractivity contribution in [1.29, 1.82) is 0 Å². The third-order valence-electron chi connectivity index (χ3n) is 2.78. The normalized spacial score (nSPS) is 25.4. The van der Waals surface area contributed by atoms with E-state index in [2.05, 4.69) is 16.6 Å². The summed E-state index contributed by atoms with van der Waals surface area (Å²) in [5.74, 6) is 0.590. The van der Waals surface area contributed by atoms with Gasteiger partial charge in [0, 0.05) is 13.1 Å². The molecule has 7 heteroatoms. The van der Waals surface area contributed by atoms with Crippen molar-refractivity contribution in [1.82, 2.24) is 14.3 Å². The number of hydrogen-bond donors (Lipinski definition) is 1. The van der Waals surface area contributed by atoms with Gasteiger partial charge in [-0.1, -0.05) is 18.5 Å². The van der Waals surface area contributed by atoms with Gasteiger partial charge in [-0.2, -0.15) is 0 Å². The van der Waals surface area contributed by atoms with E-state index in [4.69, 9.17) is 11.6 Å². The van der Waals surface area contributed by atoms with E-state index in [1.54, 1.807) is 7.05 Å². The third kappa shape index (κ3) is 2.09. The zero-order chi connectivity index (χ0) is 11.9. The minimum absolute atomic E-state index is 0.0260. The highest BCUT2D eigenvalue weighted by molar-refractivity contribution is 7.89. The maximum absolute atomic E-state index is 11.9. The molecule has 0 bridgehead atoms. The molecule has 0 aliphatic heterocycles. The average molecular weight is 264 g/mol. The van der Waals surface area contributed by atoms with Gasteiger partial charge < -0.3 is 4.57 Å². The number of aryl methyl sites for hydroxylation is 1. The fraction of sp³-hybridized carbons (Fsp3) is 0.667. The van der Waals surface area contributed by atoms with Crippen molar-refractivity contribution >= 4 is 21.6 Å². The Morgan fingerprint density at radius 1 is 1.56 bits per heavy atom. The number of hydrogen-bond acceptors (Lipinski definition) is 3. The molecule has 1 aliphatic rings. The van der Waals surface area contributed by atoms with Crippen LogP contribution in [0.4, 0.5) is 0 Å². The lowest BCUT2D eigenvalue weighted by Crippen LogP contribution is -2.43. The van der Waals surface area contributed by atoms with Crippen LogP contribution in [0.1, 0.15) is 19.8 Å². The maximum atomic E-state index is 11.9. The first-order valence-corrected chi connectivity index (χ1v) is 6.95. The highest BCUT2D eigenvalue weighted by atomic mass is 35.5. The number of aromatic nitrogens is 2. The Labute approximate surface area is 99.9 Å². The standard InChI is InChI=1S/C9H14ClN3O2S/c1-6-3-7(4-6)12-16(14,15)9-8(10)13(2)5-11-9/h5-7,12H,3-4H2,1-2H3. The number of imidazole rings is 1. The monoisotopic (exact) mass is 263 g/mol. The van der Waals surface area contributed by atoms with Crippen LogP contribution >= 0.6 is 11.6 Å². The fourth-order valence-corrected chi connectivity index (χ4v) is 3.54. The van der Waals surface area contributed by atoms with Crippen LogP contribution in [0.3, 0.4) is 0 Å². The number of rotatable bonds is 3. The number of sulfonamides is 1. The number of nitrogens with one attached hydrogen (secondary N) is 1. The predicted octanol–water partition coefficient (Wildman–Crippen LogP) is 1.15. The molecule has 5 nitrogen and oxygen atoms in total. The summed E-state index contributed by atoms with van der Waals surface area (Å²) in [6.45, 7) is 2.10. The molecule has 1 saturated carbocycles. The molecule has 0 aromatic carbocycles. The lowest BCUT2D eigenvalue weighted by molar-refractivity contribution is 0.270. The Morgan fingerprint density at radius 3 is 2.62 bits per heavy atom. The second kappa shape index (κ2) is 4.01. The molecule has 0 radical (unpaired) electrons. The van der Waals surface area contributed by atoms with Crippen molar-refractivity contribution in [3.63, 3.8) is 0 Å². The van der Waals surface area contributed by atoms with Gasteiger partial charge in [0.25, 0.3) is 10.0 Å². The molecule has 1 N–H and O–H groups in total. The topological polar surface area (TPSA) is 64.0 Å². The molecule has 0 amide bonds. The van der Waals surface area contributed by atoms with E-state index in [9.17, 15) is 8.42 Å². The SMILES string of the molecule is CC1CC(NS(=O)(=O)c2ncn(C)c2Cl)C1. The van der Waals surface area contributed by atoms with E-state index in [1.165, 1.54) is 10.9 Å². The first kappa shape index (κ1) is 11.9. The van der Waals surface area contributed by atoms with E-state index in [0.717, 1.165) is 12.8 Å². The Morgan fingerprint density at radius 2 is 2.19 bits per heavy atom. The van der Waals surface area contributed by atoms with E-state index in [0.29, 0.717) is 5.92 Å². The molecule has 1 heterocycles. The van der Waals surface area contributed by atoms with Crippen LogP contribution in [0.2, 0.25) is 5.15 Å². The smallest absolute Gasteiger partial charge is 0.261 e. The predicted molar refractivity (Wildman–Crippen MR) is 60.7 cm³/mol. The summed E-state index contributed by atoms with van der Waals surface area (Å²) in [5.41, 5.74) is 0. The summed E-state index contributed by atoms with van der Waals surface area (Å²) < 4.78 is 27.9. The lowest BCUT2D eigenvalue weighted by Gasteiger charge is -2.32. The van der Waals surface area contributed by atoms with Crippen molar-refractivity contribution in [3.8, 4) is 0 Å². The highest BCUT2D eigenvalue weighted by Crippen LogP contribution is 2.28. The van der Waals surface area contributed by atoms with E-state index in [-0.39, 0.29) is 16.2 Å². The Kier molecular flexibility index (Phi) is 2.98. The summed E-state index contributed by atoms with van der Waals surface area (Å²) in [4.78, 5) is 3.80. The molecule has 0 spiro atoms. The summed E-state index contributed by atoms with van der Waals surface area (Å²) in [5, 5.41) is 0.0519. The lowest BCUT2D eigenvalue weighted by atomic mass is 9.83. The number of nitrogens with zero attached hydrogens (tertiary/aromatic N) is 2. The Balaban J connectivity index is 2.16. The molecule has 1 fully saturated rings. The van der Waals surface area contributed by atoms with Crippen LogP contribution in [-0.2, 0) is 17.1 Å². The van der Waals surface area contributed by atoms with Gasteiger partial charge in [0.1, 0.15) is 5.15 Å². The minimum atomic E-state index is -3.57. The molecular formula is C9H14ClN3O2S. The highest BCUT2D eigenvalue weighted by Gasteiger charge is 2.32. The summed E-state index contributed by atoms with van der Waals surface area (Å²) in [6.07, 6.45) is 3.15. The molecule has 1 aliphatic carbocycles. The molecule has 90 valence electrons. The summed E-state index contributed by atoms with van der Waals surface area (Å²) in [7, 11) is -1.91. The first-order valence-electron chi connectivity index (χ1n) is 5.09. The zero-order valence-electron chi connectivity index (χ0n) is 9.14. The van der Waals surface area contributed by atoms with Gasteiger partial charge in [-0.15, -0.1) is 0 Å². The number of halogens is 1. The largest absolute Gasteiger partial charge is 0.324 e. The van der Waals surface area contributed by atoms with Crippen molar-refractivity contribution in [3.05, 3.63) is 11.5 Å². The van der Waals surface area contributed by atoms with Crippen LogP contribution in [-0.4, -0.2) is 24.0 Å². The van der Waals surface area contributed by atoms with Crippen molar-refractivity contribution < 1.29 is 8.42 Å². The van der Waals surface area contributed by atoms with Gasteiger partial charge >= 0.3 is 0 Å². The third-order valence-corrected chi connectivity index (χ3v) is 4.79. The Bertz CT molecular complexity index is 491. The molecular weight excluding hydrogens is 250 g/mol. The van der Waals surface area contributed by atoms with Crippen LogP contribution in [0.5, 0.6) is 0 Å².